The van der Waals surface area contributed by atoms with E-state index >= 15 is 0 Å². The molecule has 0 spiro atoms. The monoisotopic (exact) mass is 178 g/mol. The lowest BCUT2D eigenvalue weighted by molar-refractivity contribution is 0.654. The fourth-order valence-electron chi connectivity index (χ4n) is 1.35. The Kier molecular flexibility index (Phi) is 3.89. The summed E-state index contributed by atoms with van der Waals surface area (Å²) in [6, 6.07) is 8.67. The van der Waals surface area contributed by atoms with Gasteiger partial charge in [-0.05, 0) is 36.2 Å². The van der Waals surface area contributed by atoms with Crippen molar-refractivity contribution in [3.05, 3.63) is 35.4 Å². The average molecular weight is 178 g/mol. The van der Waals surface area contributed by atoms with E-state index in [0.29, 0.717) is 13.1 Å². The maximum atomic E-state index is 5.93. The first-order valence-electron chi connectivity index (χ1n) is 4.44. The van der Waals surface area contributed by atoms with Gasteiger partial charge in [0.2, 0.25) is 0 Å². The third-order valence-corrected chi connectivity index (χ3v) is 2.08. The third-order valence-electron chi connectivity index (χ3n) is 2.08. The summed E-state index contributed by atoms with van der Waals surface area (Å²) in [5.74, 6) is 0. The van der Waals surface area contributed by atoms with Gasteiger partial charge in [-0.2, -0.15) is 0 Å². The topological polar surface area (TPSA) is 78.1 Å². The number of hydrogen-bond acceptors (Lipinski definition) is 3. The van der Waals surface area contributed by atoms with Crippen molar-refractivity contribution < 1.29 is 0 Å². The molecule has 0 amide bonds. The van der Waals surface area contributed by atoms with Gasteiger partial charge in [-0.3, -0.25) is 0 Å². The second kappa shape index (κ2) is 4.97. The van der Waals surface area contributed by atoms with Crippen LogP contribution in [0.3, 0.4) is 0 Å². The molecule has 0 aromatic heterocycles. The molecule has 0 aliphatic heterocycles. The lowest BCUT2D eigenvalue weighted by atomic mass is 9.99. The summed E-state index contributed by atoms with van der Waals surface area (Å²) in [4.78, 5) is 0. The molecule has 6 N–H and O–H groups in total. The molecule has 0 saturated heterocycles. The van der Waals surface area contributed by atoms with Gasteiger partial charge >= 0.3 is 0 Å². The smallest absolute Gasteiger partial charge is 0.0310 e. The predicted octanol–water partition coefficient (Wildman–Crippen LogP) is 0.294. The highest BCUT2D eigenvalue weighted by molar-refractivity contribution is 5.29. The Hall–Kier alpha value is -0.900. The fourth-order valence-corrected chi connectivity index (χ4v) is 1.35. The first-order chi connectivity index (χ1) is 6.29. The quantitative estimate of drug-likeness (QED) is 0.620. The first-order valence-corrected chi connectivity index (χ1v) is 4.44. The van der Waals surface area contributed by atoms with Gasteiger partial charge < -0.3 is 17.2 Å². The molecular weight excluding hydrogens is 162 g/mol. The van der Waals surface area contributed by atoms with Gasteiger partial charge in [0.25, 0.3) is 0 Å². The van der Waals surface area contributed by atoms with E-state index in [-0.39, 0.29) is 6.04 Å². The van der Waals surface area contributed by atoms with Crippen molar-refractivity contribution in [3.8, 4) is 0 Å². The Morgan fingerprint density at radius 2 is 2.15 bits per heavy atom. The highest BCUT2D eigenvalue weighted by Gasteiger charge is 2.07. The van der Waals surface area contributed by atoms with Gasteiger partial charge in [0.1, 0.15) is 0 Å². The summed E-state index contributed by atoms with van der Waals surface area (Å²) in [5.41, 5.74) is 19.1. The molecule has 0 saturated carbocycles. The Bertz CT molecular complexity index is 260. The van der Waals surface area contributed by atoms with Gasteiger partial charge in [-0.25, -0.2) is 0 Å². The lowest BCUT2D eigenvalue weighted by Gasteiger charge is -2.14. The summed E-state index contributed by atoms with van der Waals surface area (Å²) < 4.78 is 0. The van der Waals surface area contributed by atoms with Crippen LogP contribution in [-0.4, -0.2) is 6.54 Å². The molecule has 0 bridgehead atoms. The largest absolute Gasteiger partial charge is 0.330 e. The number of benzene rings is 1. The molecule has 1 atom stereocenters. The highest BCUT2D eigenvalue weighted by atomic mass is 14.7. The summed E-state index contributed by atoms with van der Waals surface area (Å²) in [6.07, 6.45) is 0.789. The van der Waals surface area contributed by atoms with Crippen molar-refractivity contribution in [1.29, 1.82) is 0 Å². The van der Waals surface area contributed by atoms with Crippen LogP contribution in [0.15, 0.2) is 18.2 Å². The molecule has 1 aromatic carbocycles. The standard InChI is InChI=1S/C10H16N3/c11-6-5-10(13)9-4-2-1-3-8(9)7-12/h2-4,10H,5-7,11-13H2. The lowest BCUT2D eigenvalue weighted by Crippen LogP contribution is -2.17. The minimum absolute atomic E-state index is 0.00171. The van der Waals surface area contributed by atoms with Gasteiger partial charge in [-0.1, -0.05) is 12.1 Å². The van der Waals surface area contributed by atoms with Crippen LogP contribution < -0.4 is 17.2 Å². The molecule has 0 aliphatic carbocycles. The molecule has 3 heteroatoms. The Morgan fingerprint density at radius 3 is 2.77 bits per heavy atom. The first kappa shape index (κ1) is 10.2. The summed E-state index contributed by atoms with van der Waals surface area (Å²) in [5, 5.41) is 0. The van der Waals surface area contributed by atoms with Crippen LogP contribution in [0.5, 0.6) is 0 Å². The van der Waals surface area contributed by atoms with Gasteiger partial charge in [-0.15, -0.1) is 0 Å². The van der Waals surface area contributed by atoms with E-state index in [9.17, 15) is 0 Å². The normalized spacial score (nSPS) is 12.8. The van der Waals surface area contributed by atoms with Crippen LogP contribution in [0.1, 0.15) is 23.6 Å². The molecule has 0 aliphatic rings. The molecule has 13 heavy (non-hydrogen) atoms. The van der Waals surface area contributed by atoms with Crippen LogP contribution in [0.25, 0.3) is 0 Å². The zero-order valence-corrected chi connectivity index (χ0v) is 7.66. The average Bonchev–Trinajstić information content (AvgIpc) is 2.18. The van der Waals surface area contributed by atoms with Crippen LogP contribution in [0.4, 0.5) is 0 Å². The van der Waals surface area contributed by atoms with Crippen LogP contribution in [0, 0.1) is 6.07 Å². The van der Waals surface area contributed by atoms with E-state index in [1.807, 2.05) is 18.2 Å². The maximum Gasteiger partial charge on any atom is 0.0310 e. The van der Waals surface area contributed by atoms with Crippen molar-refractivity contribution in [2.75, 3.05) is 6.54 Å². The van der Waals surface area contributed by atoms with Crippen molar-refractivity contribution in [1.82, 2.24) is 0 Å². The zero-order valence-electron chi connectivity index (χ0n) is 7.66. The molecule has 1 aromatic rings. The molecule has 3 nitrogen and oxygen atoms in total. The Balaban J connectivity index is 2.85. The van der Waals surface area contributed by atoms with Crippen molar-refractivity contribution in [3.63, 3.8) is 0 Å². The van der Waals surface area contributed by atoms with E-state index < -0.39 is 0 Å². The predicted molar refractivity (Wildman–Crippen MR) is 53.8 cm³/mol. The summed E-state index contributed by atoms with van der Waals surface area (Å²) in [7, 11) is 0. The van der Waals surface area contributed by atoms with Crippen molar-refractivity contribution in [2.24, 2.45) is 17.2 Å². The molecule has 1 unspecified atom stereocenters. The van der Waals surface area contributed by atoms with E-state index in [2.05, 4.69) is 6.07 Å². The van der Waals surface area contributed by atoms with Crippen LogP contribution in [0.2, 0.25) is 0 Å². The van der Waals surface area contributed by atoms with Gasteiger partial charge in [0, 0.05) is 12.6 Å². The summed E-state index contributed by atoms with van der Waals surface area (Å²) in [6.45, 7) is 1.11. The van der Waals surface area contributed by atoms with Crippen molar-refractivity contribution >= 4 is 0 Å². The second-order valence-corrected chi connectivity index (χ2v) is 3.01. The molecule has 1 rings (SSSR count). The molecular formula is C10H16N3. The molecule has 0 heterocycles. The minimum atomic E-state index is -0.00171. The van der Waals surface area contributed by atoms with Gasteiger partial charge in [0.05, 0.1) is 0 Å². The Morgan fingerprint density at radius 1 is 1.38 bits per heavy atom. The number of hydrogen-bond donors (Lipinski definition) is 3. The van der Waals surface area contributed by atoms with E-state index in [0.717, 1.165) is 17.5 Å². The van der Waals surface area contributed by atoms with E-state index in [1.165, 1.54) is 0 Å². The third kappa shape index (κ3) is 2.52. The van der Waals surface area contributed by atoms with E-state index in [1.54, 1.807) is 0 Å². The number of nitrogens with two attached hydrogens (primary N) is 3. The number of rotatable bonds is 4. The summed E-state index contributed by atoms with van der Waals surface area (Å²) >= 11 is 0. The Labute approximate surface area is 78.9 Å². The SMILES string of the molecule is NCCC(N)c1cc[c]cc1CN. The minimum Gasteiger partial charge on any atom is -0.330 e. The second-order valence-electron chi connectivity index (χ2n) is 3.01. The molecule has 1 radical (unpaired) electrons. The highest BCUT2D eigenvalue weighted by Crippen LogP contribution is 2.17. The van der Waals surface area contributed by atoms with Gasteiger partial charge in [0.15, 0.2) is 0 Å². The molecule has 0 fully saturated rings. The molecule has 71 valence electrons. The van der Waals surface area contributed by atoms with Crippen molar-refractivity contribution in [2.45, 2.75) is 19.0 Å². The maximum absolute atomic E-state index is 5.93. The zero-order chi connectivity index (χ0) is 9.68. The van der Waals surface area contributed by atoms with Crippen LogP contribution >= 0.6 is 0 Å². The fraction of sp³-hybridized carbons (Fsp3) is 0.400. The van der Waals surface area contributed by atoms with E-state index in [4.69, 9.17) is 17.2 Å². The van der Waals surface area contributed by atoms with Crippen LogP contribution in [-0.2, 0) is 6.54 Å².